The largest absolute Gasteiger partial charge is 0.355 e. The van der Waals surface area contributed by atoms with Crippen LogP contribution in [0.25, 0.3) is 11.2 Å². The van der Waals surface area contributed by atoms with Gasteiger partial charge in [0.15, 0.2) is 5.65 Å². The maximum absolute atomic E-state index is 11.9. The van der Waals surface area contributed by atoms with E-state index in [0.717, 1.165) is 6.42 Å². The van der Waals surface area contributed by atoms with E-state index in [9.17, 15) is 4.79 Å². The zero-order valence-electron chi connectivity index (χ0n) is 11.4. The normalized spacial score (nSPS) is 12.6. The minimum Gasteiger partial charge on any atom is -0.355 e. The Morgan fingerprint density at radius 2 is 2.30 bits per heavy atom. The van der Waals surface area contributed by atoms with Crippen molar-refractivity contribution >= 4 is 40.3 Å². The van der Waals surface area contributed by atoms with Crippen molar-refractivity contribution in [3.8, 4) is 0 Å². The smallest absolute Gasteiger partial charge is 0.240 e. The van der Waals surface area contributed by atoms with E-state index in [-0.39, 0.29) is 17.8 Å². The highest BCUT2D eigenvalue weighted by Gasteiger charge is 2.18. The van der Waals surface area contributed by atoms with E-state index in [1.165, 1.54) is 6.20 Å². The van der Waals surface area contributed by atoms with Gasteiger partial charge in [-0.1, -0.05) is 18.5 Å². The third kappa shape index (κ3) is 3.22. The Kier molecular flexibility index (Phi) is 4.83. The zero-order chi connectivity index (χ0) is 14.7. The topological polar surface area (TPSA) is 59.8 Å². The molecule has 108 valence electrons. The number of pyridine rings is 1. The molecule has 0 aliphatic rings. The van der Waals surface area contributed by atoms with Gasteiger partial charge in [0.25, 0.3) is 0 Å². The Labute approximate surface area is 127 Å². The SMILES string of the molecule is CCCNC(=O)Cn1c(C(C)Cl)nc2cc(Cl)cnc21. The molecule has 1 amide bonds. The number of carbonyl (C=O) groups is 1. The van der Waals surface area contributed by atoms with Gasteiger partial charge in [-0.3, -0.25) is 4.79 Å². The van der Waals surface area contributed by atoms with E-state index in [0.29, 0.717) is 28.6 Å². The number of hydrogen-bond donors (Lipinski definition) is 1. The van der Waals surface area contributed by atoms with Gasteiger partial charge >= 0.3 is 0 Å². The molecule has 0 radical (unpaired) electrons. The van der Waals surface area contributed by atoms with Gasteiger partial charge in [0, 0.05) is 12.7 Å². The molecule has 2 heterocycles. The fourth-order valence-electron chi connectivity index (χ4n) is 1.93. The van der Waals surface area contributed by atoms with Crippen molar-refractivity contribution in [1.29, 1.82) is 0 Å². The molecule has 2 aromatic rings. The highest BCUT2D eigenvalue weighted by molar-refractivity contribution is 6.31. The number of fused-ring (bicyclic) bond motifs is 1. The van der Waals surface area contributed by atoms with Gasteiger partial charge in [-0.15, -0.1) is 11.6 Å². The van der Waals surface area contributed by atoms with Gasteiger partial charge in [0.05, 0.1) is 10.4 Å². The minimum absolute atomic E-state index is 0.0820. The first kappa shape index (κ1) is 15.1. The molecule has 2 aromatic heterocycles. The predicted octanol–water partition coefficient (Wildman–Crippen LogP) is 2.91. The van der Waals surface area contributed by atoms with Crippen LogP contribution in [0.1, 0.15) is 31.5 Å². The number of rotatable bonds is 5. The summed E-state index contributed by atoms with van der Waals surface area (Å²) in [5, 5.41) is 3.02. The minimum atomic E-state index is -0.318. The van der Waals surface area contributed by atoms with Crippen LogP contribution in [0.3, 0.4) is 0 Å². The molecule has 7 heteroatoms. The first-order valence-electron chi connectivity index (χ1n) is 6.45. The summed E-state index contributed by atoms with van der Waals surface area (Å²) in [7, 11) is 0. The standard InChI is InChI=1S/C13H16Cl2N4O/c1-3-4-16-11(20)7-19-12(8(2)14)18-10-5-9(15)6-17-13(10)19/h5-6,8H,3-4,7H2,1-2H3,(H,16,20). The summed E-state index contributed by atoms with van der Waals surface area (Å²) in [4.78, 5) is 20.6. The molecule has 0 bridgehead atoms. The number of hydrogen-bond acceptors (Lipinski definition) is 3. The van der Waals surface area contributed by atoms with E-state index in [4.69, 9.17) is 23.2 Å². The third-order valence-electron chi connectivity index (χ3n) is 2.81. The maximum atomic E-state index is 11.9. The molecule has 0 saturated heterocycles. The maximum Gasteiger partial charge on any atom is 0.240 e. The van der Waals surface area contributed by atoms with Gasteiger partial charge in [0.1, 0.15) is 17.9 Å². The summed E-state index contributed by atoms with van der Waals surface area (Å²) < 4.78 is 1.73. The molecular weight excluding hydrogens is 299 g/mol. The van der Waals surface area contributed by atoms with Gasteiger partial charge in [-0.2, -0.15) is 0 Å². The molecule has 0 aliphatic carbocycles. The van der Waals surface area contributed by atoms with E-state index < -0.39 is 0 Å². The second kappa shape index (κ2) is 6.41. The fraction of sp³-hybridized carbons (Fsp3) is 0.462. The lowest BCUT2D eigenvalue weighted by atomic mass is 10.4. The summed E-state index contributed by atoms with van der Waals surface area (Å²) in [6, 6.07) is 1.72. The zero-order valence-corrected chi connectivity index (χ0v) is 12.9. The molecule has 0 spiro atoms. The van der Waals surface area contributed by atoms with Crippen molar-refractivity contribution in [3.05, 3.63) is 23.1 Å². The van der Waals surface area contributed by atoms with Gasteiger partial charge in [0.2, 0.25) is 5.91 Å². The predicted molar refractivity (Wildman–Crippen MR) is 80.1 cm³/mol. The lowest BCUT2D eigenvalue weighted by molar-refractivity contribution is -0.121. The van der Waals surface area contributed by atoms with Crippen LogP contribution in [0.5, 0.6) is 0 Å². The molecule has 0 fully saturated rings. The lowest BCUT2D eigenvalue weighted by Crippen LogP contribution is -2.28. The average molecular weight is 315 g/mol. The quantitative estimate of drug-likeness (QED) is 0.863. The summed E-state index contributed by atoms with van der Waals surface area (Å²) >= 11 is 12.0. The highest BCUT2D eigenvalue weighted by atomic mass is 35.5. The Hall–Kier alpha value is -1.33. The molecule has 20 heavy (non-hydrogen) atoms. The van der Waals surface area contributed by atoms with Crippen molar-refractivity contribution in [2.24, 2.45) is 0 Å². The Balaban J connectivity index is 2.38. The number of nitrogens with one attached hydrogen (secondary N) is 1. The van der Waals surface area contributed by atoms with Crippen LogP contribution in [0.15, 0.2) is 12.3 Å². The molecule has 0 aromatic carbocycles. The number of aromatic nitrogens is 3. The second-order valence-corrected chi connectivity index (χ2v) is 5.61. The number of carbonyl (C=O) groups excluding carboxylic acids is 1. The molecule has 5 nitrogen and oxygen atoms in total. The number of nitrogens with zero attached hydrogens (tertiary/aromatic N) is 3. The highest BCUT2D eigenvalue weighted by Crippen LogP contribution is 2.24. The Morgan fingerprint density at radius 1 is 1.55 bits per heavy atom. The van der Waals surface area contributed by atoms with Gasteiger partial charge in [-0.25, -0.2) is 9.97 Å². The number of amides is 1. The summed E-state index contributed by atoms with van der Waals surface area (Å²) in [5.74, 6) is 0.532. The molecule has 0 saturated carbocycles. The van der Waals surface area contributed by atoms with Crippen molar-refractivity contribution in [3.63, 3.8) is 0 Å². The van der Waals surface area contributed by atoms with Crippen molar-refractivity contribution in [2.45, 2.75) is 32.2 Å². The van der Waals surface area contributed by atoms with Gasteiger partial charge in [-0.05, 0) is 19.4 Å². The van der Waals surface area contributed by atoms with Crippen LogP contribution in [0, 0.1) is 0 Å². The van der Waals surface area contributed by atoms with E-state index in [1.54, 1.807) is 10.6 Å². The monoisotopic (exact) mass is 314 g/mol. The van der Waals surface area contributed by atoms with Crippen LogP contribution in [-0.2, 0) is 11.3 Å². The summed E-state index contributed by atoms with van der Waals surface area (Å²) in [6.45, 7) is 4.61. The van der Waals surface area contributed by atoms with Crippen LogP contribution < -0.4 is 5.32 Å². The molecule has 1 N–H and O–H groups in total. The van der Waals surface area contributed by atoms with E-state index in [2.05, 4.69) is 15.3 Å². The van der Waals surface area contributed by atoms with Crippen LogP contribution >= 0.6 is 23.2 Å². The van der Waals surface area contributed by atoms with Crippen LogP contribution in [-0.4, -0.2) is 27.0 Å². The van der Waals surface area contributed by atoms with Crippen molar-refractivity contribution in [1.82, 2.24) is 19.9 Å². The van der Waals surface area contributed by atoms with E-state index in [1.807, 2.05) is 13.8 Å². The average Bonchev–Trinajstić information content (AvgIpc) is 2.74. The fourth-order valence-corrected chi connectivity index (χ4v) is 2.25. The molecule has 1 unspecified atom stereocenters. The molecule has 0 aliphatic heterocycles. The van der Waals surface area contributed by atoms with Crippen molar-refractivity contribution in [2.75, 3.05) is 6.54 Å². The Morgan fingerprint density at radius 3 is 2.95 bits per heavy atom. The molecule has 2 rings (SSSR count). The van der Waals surface area contributed by atoms with Crippen molar-refractivity contribution < 1.29 is 4.79 Å². The number of alkyl halides is 1. The van der Waals surface area contributed by atoms with E-state index >= 15 is 0 Å². The second-order valence-electron chi connectivity index (χ2n) is 4.52. The molecule has 1 atom stereocenters. The first-order valence-corrected chi connectivity index (χ1v) is 7.26. The summed E-state index contributed by atoms with van der Waals surface area (Å²) in [5.41, 5.74) is 1.26. The molecular formula is C13H16Cl2N4O. The van der Waals surface area contributed by atoms with Gasteiger partial charge < -0.3 is 9.88 Å². The Bertz CT molecular complexity index is 624. The number of halogens is 2. The van der Waals surface area contributed by atoms with Crippen LogP contribution in [0.2, 0.25) is 5.02 Å². The number of imidazole rings is 1. The summed E-state index contributed by atoms with van der Waals surface area (Å²) in [6.07, 6.45) is 2.43. The first-order chi connectivity index (χ1) is 9.52. The lowest BCUT2D eigenvalue weighted by Gasteiger charge is -2.10. The van der Waals surface area contributed by atoms with Crippen LogP contribution in [0.4, 0.5) is 0 Å². The third-order valence-corrected chi connectivity index (χ3v) is 3.21.